The molecule has 0 radical (unpaired) electrons. The van der Waals surface area contributed by atoms with E-state index in [2.05, 4.69) is 15.9 Å². The van der Waals surface area contributed by atoms with Crippen LogP contribution in [-0.4, -0.2) is 11.2 Å². The van der Waals surface area contributed by atoms with Gasteiger partial charge >= 0.3 is 0 Å². The minimum Gasteiger partial charge on any atom is -0.391 e. The predicted octanol–water partition coefficient (Wildman–Crippen LogP) is 2.25. The van der Waals surface area contributed by atoms with E-state index in [9.17, 15) is 5.11 Å². The van der Waals surface area contributed by atoms with Gasteiger partial charge in [0.1, 0.15) is 0 Å². The zero-order valence-corrected chi connectivity index (χ0v) is 9.68. The van der Waals surface area contributed by atoms with E-state index >= 15 is 0 Å². The van der Waals surface area contributed by atoms with Crippen LogP contribution < -0.4 is 5.73 Å². The van der Waals surface area contributed by atoms with Gasteiger partial charge in [-0.15, -0.1) is 12.4 Å². The molecule has 2 atom stereocenters. The van der Waals surface area contributed by atoms with Crippen molar-refractivity contribution in [3.63, 3.8) is 0 Å². The Balaban J connectivity index is 0.00000144. The highest BCUT2D eigenvalue weighted by atomic mass is 79.9. The van der Waals surface area contributed by atoms with Crippen molar-refractivity contribution in [2.75, 3.05) is 0 Å². The summed E-state index contributed by atoms with van der Waals surface area (Å²) in [7, 11) is 0. The van der Waals surface area contributed by atoms with Gasteiger partial charge in [0, 0.05) is 4.47 Å². The van der Waals surface area contributed by atoms with Crippen molar-refractivity contribution >= 4 is 28.3 Å². The van der Waals surface area contributed by atoms with Crippen LogP contribution in [0.3, 0.4) is 0 Å². The third kappa shape index (κ3) is 3.65. The molecule has 0 aliphatic carbocycles. The van der Waals surface area contributed by atoms with Crippen LogP contribution in [0, 0.1) is 0 Å². The van der Waals surface area contributed by atoms with Gasteiger partial charge in [-0.2, -0.15) is 0 Å². The van der Waals surface area contributed by atoms with Crippen LogP contribution >= 0.6 is 28.3 Å². The highest BCUT2D eigenvalue weighted by Gasteiger charge is 2.11. The third-order valence-corrected chi connectivity index (χ3v) is 2.25. The Morgan fingerprint density at radius 1 is 1.46 bits per heavy atom. The van der Waals surface area contributed by atoms with Crippen LogP contribution in [0.4, 0.5) is 0 Å². The largest absolute Gasteiger partial charge is 0.391 e. The van der Waals surface area contributed by atoms with E-state index in [0.717, 1.165) is 10.0 Å². The molecule has 1 aromatic rings. The van der Waals surface area contributed by atoms with Gasteiger partial charge in [-0.3, -0.25) is 0 Å². The van der Waals surface area contributed by atoms with Gasteiger partial charge in [-0.25, -0.2) is 0 Å². The monoisotopic (exact) mass is 265 g/mol. The van der Waals surface area contributed by atoms with Gasteiger partial charge in [0.25, 0.3) is 0 Å². The van der Waals surface area contributed by atoms with E-state index in [4.69, 9.17) is 5.73 Å². The summed E-state index contributed by atoms with van der Waals surface area (Å²) in [4.78, 5) is 0. The summed E-state index contributed by atoms with van der Waals surface area (Å²) >= 11 is 3.34. The van der Waals surface area contributed by atoms with Gasteiger partial charge in [-0.05, 0) is 24.6 Å². The minimum atomic E-state index is -0.515. The fraction of sp³-hybridized carbons (Fsp3) is 0.333. The second-order valence-corrected chi connectivity index (χ2v) is 3.74. The molecule has 13 heavy (non-hydrogen) atoms. The molecule has 0 aliphatic rings. The Morgan fingerprint density at radius 3 is 2.54 bits per heavy atom. The second kappa shape index (κ2) is 5.60. The molecule has 0 amide bonds. The smallest absolute Gasteiger partial charge is 0.0704 e. The average molecular weight is 267 g/mol. The molecule has 4 heteroatoms. The van der Waals surface area contributed by atoms with Crippen LogP contribution in [0.15, 0.2) is 28.7 Å². The molecule has 0 saturated carbocycles. The molecule has 74 valence electrons. The molecular formula is C9H13BrClNO. The zero-order chi connectivity index (χ0) is 9.14. The van der Waals surface area contributed by atoms with Gasteiger partial charge in [0.05, 0.1) is 12.1 Å². The molecule has 0 fully saturated rings. The molecule has 0 aromatic heterocycles. The van der Waals surface area contributed by atoms with E-state index in [-0.39, 0.29) is 18.4 Å². The van der Waals surface area contributed by atoms with Crippen LogP contribution in [0.25, 0.3) is 0 Å². The summed E-state index contributed by atoms with van der Waals surface area (Å²) < 4.78 is 0.983. The van der Waals surface area contributed by atoms with E-state index < -0.39 is 6.10 Å². The first kappa shape index (κ1) is 12.9. The zero-order valence-electron chi connectivity index (χ0n) is 7.27. The molecule has 0 heterocycles. The lowest BCUT2D eigenvalue weighted by Crippen LogP contribution is -2.22. The maximum Gasteiger partial charge on any atom is 0.0704 e. The van der Waals surface area contributed by atoms with Crippen LogP contribution in [0.5, 0.6) is 0 Å². The Morgan fingerprint density at radius 2 is 2.08 bits per heavy atom. The van der Waals surface area contributed by atoms with E-state index in [1.165, 1.54) is 0 Å². The molecule has 1 rings (SSSR count). The number of aliphatic hydroxyl groups is 1. The van der Waals surface area contributed by atoms with Crippen LogP contribution in [0.1, 0.15) is 18.5 Å². The molecule has 0 aliphatic heterocycles. The third-order valence-electron chi connectivity index (χ3n) is 1.75. The van der Waals surface area contributed by atoms with Crippen molar-refractivity contribution in [3.05, 3.63) is 34.3 Å². The first-order valence-electron chi connectivity index (χ1n) is 3.80. The van der Waals surface area contributed by atoms with Crippen molar-refractivity contribution in [2.45, 2.75) is 19.1 Å². The molecule has 0 bridgehead atoms. The predicted molar refractivity (Wildman–Crippen MR) is 60.0 cm³/mol. The number of hydrogen-bond donors (Lipinski definition) is 2. The van der Waals surface area contributed by atoms with Gasteiger partial charge < -0.3 is 10.8 Å². The first-order valence-corrected chi connectivity index (χ1v) is 4.59. The maximum atomic E-state index is 9.22. The van der Waals surface area contributed by atoms with Crippen molar-refractivity contribution in [1.29, 1.82) is 0 Å². The highest BCUT2D eigenvalue weighted by molar-refractivity contribution is 9.10. The van der Waals surface area contributed by atoms with Crippen molar-refractivity contribution in [3.8, 4) is 0 Å². The average Bonchev–Trinajstić information content (AvgIpc) is 2.03. The minimum absolute atomic E-state index is 0. The molecule has 1 aromatic carbocycles. The number of hydrogen-bond acceptors (Lipinski definition) is 2. The standard InChI is InChI=1S/C9H12BrNO.ClH/c1-6(12)9(11)7-3-2-4-8(10)5-7;/h2-6,9,12H,11H2,1H3;1H. The Hall–Kier alpha value is -0.0900. The fourth-order valence-corrected chi connectivity index (χ4v) is 1.41. The highest BCUT2D eigenvalue weighted by Crippen LogP contribution is 2.18. The van der Waals surface area contributed by atoms with Gasteiger partial charge in [0.15, 0.2) is 0 Å². The second-order valence-electron chi connectivity index (χ2n) is 2.82. The van der Waals surface area contributed by atoms with Crippen LogP contribution in [-0.2, 0) is 0 Å². The number of halogens is 2. The topological polar surface area (TPSA) is 46.2 Å². The summed E-state index contributed by atoms with van der Waals surface area (Å²) in [5.74, 6) is 0. The quantitative estimate of drug-likeness (QED) is 0.862. The lowest BCUT2D eigenvalue weighted by atomic mass is 10.0. The van der Waals surface area contributed by atoms with E-state index in [0.29, 0.717) is 0 Å². The van der Waals surface area contributed by atoms with Gasteiger partial charge in [-0.1, -0.05) is 28.1 Å². The Labute approximate surface area is 92.7 Å². The maximum absolute atomic E-state index is 9.22. The molecule has 3 N–H and O–H groups in total. The fourth-order valence-electron chi connectivity index (χ4n) is 0.992. The number of benzene rings is 1. The number of aliphatic hydroxyl groups excluding tert-OH is 1. The molecule has 0 saturated heterocycles. The van der Waals surface area contributed by atoms with Crippen molar-refractivity contribution in [2.24, 2.45) is 5.73 Å². The normalized spacial score (nSPS) is 14.5. The lowest BCUT2D eigenvalue weighted by Gasteiger charge is -2.14. The summed E-state index contributed by atoms with van der Waals surface area (Å²) in [6.45, 7) is 1.69. The summed E-state index contributed by atoms with van der Waals surface area (Å²) in [6, 6.07) is 7.35. The molecular weight excluding hydrogens is 253 g/mol. The molecule has 2 nitrogen and oxygen atoms in total. The van der Waals surface area contributed by atoms with Gasteiger partial charge in [0.2, 0.25) is 0 Å². The Kier molecular flexibility index (Phi) is 5.56. The number of rotatable bonds is 2. The Bertz CT molecular complexity index is 268. The first-order chi connectivity index (χ1) is 5.61. The SMILES string of the molecule is CC(O)C(N)c1cccc(Br)c1.Cl. The molecule has 0 spiro atoms. The van der Waals surface area contributed by atoms with Crippen molar-refractivity contribution < 1.29 is 5.11 Å². The lowest BCUT2D eigenvalue weighted by molar-refractivity contribution is 0.164. The molecule has 2 unspecified atom stereocenters. The number of nitrogens with two attached hydrogens (primary N) is 1. The summed E-state index contributed by atoms with van der Waals surface area (Å²) in [5, 5.41) is 9.22. The summed E-state index contributed by atoms with van der Waals surface area (Å²) in [5.41, 5.74) is 6.68. The van der Waals surface area contributed by atoms with E-state index in [1.807, 2.05) is 24.3 Å². The van der Waals surface area contributed by atoms with Crippen LogP contribution in [0.2, 0.25) is 0 Å². The van der Waals surface area contributed by atoms with E-state index in [1.54, 1.807) is 6.92 Å². The summed E-state index contributed by atoms with van der Waals surface area (Å²) in [6.07, 6.45) is -0.515. The van der Waals surface area contributed by atoms with Crippen molar-refractivity contribution in [1.82, 2.24) is 0 Å².